The molecule has 19 heavy (non-hydrogen) atoms. The number of rotatable bonds is 3. The Morgan fingerprint density at radius 2 is 1.74 bits per heavy atom. The van der Waals surface area contributed by atoms with Crippen molar-refractivity contribution in [1.82, 2.24) is 15.1 Å². The Morgan fingerprint density at radius 1 is 1.16 bits per heavy atom. The van der Waals surface area contributed by atoms with E-state index in [2.05, 4.69) is 10.4 Å². The summed E-state index contributed by atoms with van der Waals surface area (Å²) < 4.78 is 29.6. The van der Waals surface area contributed by atoms with Gasteiger partial charge in [0.05, 0.1) is 5.69 Å². The number of halogens is 2. The molecule has 0 radical (unpaired) electrons. The van der Waals surface area contributed by atoms with E-state index in [1.165, 1.54) is 16.8 Å². The number of benzene rings is 1. The van der Waals surface area contributed by atoms with Crippen molar-refractivity contribution < 1.29 is 8.78 Å². The number of hydrogen-bond acceptors (Lipinski definition) is 2. The van der Waals surface area contributed by atoms with Crippen LogP contribution < -0.4 is 5.32 Å². The van der Waals surface area contributed by atoms with Crippen molar-refractivity contribution in [1.29, 1.82) is 0 Å². The van der Waals surface area contributed by atoms with E-state index >= 15 is 0 Å². The smallest absolute Gasteiger partial charge is 0.152 e. The Bertz CT molecular complexity index is 594. The molecule has 0 aliphatic heterocycles. The molecule has 2 aromatic rings. The van der Waals surface area contributed by atoms with E-state index < -0.39 is 11.6 Å². The first-order valence-electron chi connectivity index (χ1n) is 6.11. The minimum absolute atomic E-state index is 0.117. The van der Waals surface area contributed by atoms with Crippen molar-refractivity contribution in [3.8, 4) is 5.69 Å². The lowest BCUT2D eigenvalue weighted by molar-refractivity contribution is 0.552. The van der Waals surface area contributed by atoms with Gasteiger partial charge in [-0.3, -0.25) is 0 Å². The molecule has 102 valence electrons. The average molecular weight is 265 g/mol. The molecule has 1 aromatic heterocycles. The number of nitrogens with one attached hydrogen (secondary N) is 1. The maximum Gasteiger partial charge on any atom is 0.152 e. The Labute approximate surface area is 111 Å². The number of aryl methyl sites for hydroxylation is 1. The maximum atomic E-state index is 14.1. The Kier molecular flexibility index (Phi) is 3.66. The molecular weight excluding hydrogens is 248 g/mol. The summed E-state index contributed by atoms with van der Waals surface area (Å²) in [5, 5.41) is 7.06. The van der Waals surface area contributed by atoms with Crippen LogP contribution in [0.5, 0.6) is 0 Å². The van der Waals surface area contributed by atoms with Gasteiger partial charge in [-0.2, -0.15) is 5.10 Å². The van der Waals surface area contributed by atoms with Crippen LogP contribution >= 0.6 is 0 Å². The largest absolute Gasteiger partial charge is 0.316 e. The predicted octanol–water partition coefficient (Wildman–Crippen LogP) is 2.80. The maximum absolute atomic E-state index is 14.1. The van der Waals surface area contributed by atoms with Gasteiger partial charge in [-0.1, -0.05) is 0 Å². The van der Waals surface area contributed by atoms with Crippen molar-refractivity contribution in [3.63, 3.8) is 0 Å². The monoisotopic (exact) mass is 265 g/mol. The molecule has 0 amide bonds. The van der Waals surface area contributed by atoms with Crippen LogP contribution in [0, 0.1) is 32.4 Å². The molecule has 0 saturated carbocycles. The van der Waals surface area contributed by atoms with E-state index in [4.69, 9.17) is 0 Å². The molecule has 1 N–H and O–H groups in total. The van der Waals surface area contributed by atoms with Crippen LogP contribution in [-0.2, 0) is 6.54 Å². The fourth-order valence-corrected chi connectivity index (χ4v) is 2.06. The summed E-state index contributed by atoms with van der Waals surface area (Å²) in [6, 6.07) is 2.67. The van der Waals surface area contributed by atoms with Gasteiger partial charge in [-0.15, -0.1) is 0 Å². The first kappa shape index (κ1) is 13.7. The van der Waals surface area contributed by atoms with E-state index in [1.54, 1.807) is 14.0 Å². The van der Waals surface area contributed by atoms with E-state index in [0.29, 0.717) is 12.1 Å². The van der Waals surface area contributed by atoms with Crippen molar-refractivity contribution in [3.05, 3.63) is 46.3 Å². The molecule has 0 unspecified atom stereocenters. The van der Waals surface area contributed by atoms with Crippen LogP contribution in [0.4, 0.5) is 8.78 Å². The third-order valence-electron chi connectivity index (χ3n) is 3.32. The zero-order chi connectivity index (χ0) is 14.2. The zero-order valence-electron chi connectivity index (χ0n) is 11.5. The average Bonchev–Trinajstić information content (AvgIpc) is 2.57. The van der Waals surface area contributed by atoms with Crippen LogP contribution in [0.25, 0.3) is 5.69 Å². The second-order valence-electron chi connectivity index (χ2n) is 4.65. The fraction of sp³-hybridized carbons (Fsp3) is 0.357. The van der Waals surface area contributed by atoms with Crippen molar-refractivity contribution in [2.75, 3.05) is 7.05 Å². The molecule has 1 aromatic carbocycles. The summed E-state index contributed by atoms with van der Waals surface area (Å²) in [6.45, 7) is 5.93. The highest BCUT2D eigenvalue weighted by Crippen LogP contribution is 2.23. The standard InChI is InChI=1S/C14H17F2N3/c1-8-9(2)18-19(10(8)3)14-12(15)5-11(7-17-4)6-13(14)16/h5-6,17H,7H2,1-4H3. The Hall–Kier alpha value is -1.75. The van der Waals surface area contributed by atoms with Crippen molar-refractivity contribution in [2.24, 2.45) is 0 Å². The normalized spacial score (nSPS) is 11.1. The van der Waals surface area contributed by atoms with Crippen LogP contribution in [-0.4, -0.2) is 16.8 Å². The first-order chi connectivity index (χ1) is 8.95. The van der Waals surface area contributed by atoms with Crippen LogP contribution in [0.15, 0.2) is 12.1 Å². The Morgan fingerprint density at radius 3 is 2.16 bits per heavy atom. The van der Waals surface area contributed by atoms with Gasteiger partial charge in [0.2, 0.25) is 0 Å². The molecule has 0 spiro atoms. The van der Waals surface area contributed by atoms with Gasteiger partial charge < -0.3 is 5.32 Å². The second-order valence-corrected chi connectivity index (χ2v) is 4.65. The molecule has 0 bridgehead atoms. The van der Waals surface area contributed by atoms with Gasteiger partial charge in [0, 0.05) is 12.2 Å². The quantitative estimate of drug-likeness (QED) is 0.924. The third kappa shape index (κ3) is 2.38. The van der Waals surface area contributed by atoms with Crippen molar-refractivity contribution >= 4 is 0 Å². The zero-order valence-corrected chi connectivity index (χ0v) is 11.5. The molecule has 2 rings (SSSR count). The summed E-state index contributed by atoms with van der Waals surface area (Å²) in [6.07, 6.45) is 0. The highest BCUT2D eigenvalue weighted by atomic mass is 19.1. The van der Waals surface area contributed by atoms with Gasteiger partial charge in [0.1, 0.15) is 5.69 Å². The molecule has 3 nitrogen and oxygen atoms in total. The molecule has 5 heteroatoms. The van der Waals surface area contributed by atoms with Gasteiger partial charge in [-0.25, -0.2) is 13.5 Å². The van der Waals surface area contributed by atoms with E-state index in [-0.39, 0.29) is 5.69 Å². The van der Waals surface area contributed by atoms with E-state index in [9.17, 15) is 8.78 Å². The topological polar surface area (TPSA) is 29.9 Å². The molecule has 0 saturated heterocycles. The number of aromatic nitrogens is 2. The second kappa shape index (κ2) is 5.09. The van der Waals surface area contributed by atoms with E-state index in [1.807, 2.05) is 13.8 Å². The number of hydrogen-bond donors (Lipinski definition) is 1. The van der Waals surface area contributed by atoms with Gasteiger partial charge >= 0.3 is 0 Å². The lowest BCUT2D eigenvalue weighted by Crippen LogP contribution is -2.10. The SMILES string of the molecule is CNCc1cc(F)c(-n2nc(C)c(C)c2C)c(F)c1. The summed E-state index contributed by atoms with van der Waals surface area (Å²) in [4.78, 5) is 0. The minimum atomic E-state index is -0.601. The molecule has 0 atom stereocenters. The minimum Gasteiger partial charge on any atom is -0.316 e. The lowest BCUT2D eigenvalue weighted by atomic mass is 10.1. The summed E-state index contributed by atoms with van der Waals surface area (Å²) >= 11 is 0. The summed E-state index contributed by atoms with van der Waals surface area (Å²) in [7, 11) is 1.73. The molecule has 0 aliphatic rings. The van der Waals surface area contributed by atoms with Crippen LogP contribution in [0.1, 0.15) is 22.5 Å². The van der Waals surface area contributed by atoms with Crippen LogP contribution in [0.2, 0.25) is 0 Å². The first-order valence-corrected chi connectivity index (χ1v) is 6.11. The van der Waals surface area contributed by atoms with Crippen molar-refractivity contribution in [2.45, 2.75) is 27.3 Å². The fourth-order valence-electron chi connectivity index (χ4n) is 2.06. The molecule has 1 heterocycles. The predicted molar refractivity (Wildman–Crippen MR) is 70.5 cm³/mol. The van der Waals surface area contributed by atoms with E-state index in [0.717, 1.165) is 17.0 Å². The third-order valence-corrected chi connectivity index (χ3v) is 3.32. The number of nitrogens with zero attached hydrogens (tertiary/aromatic N) is 2. The highest BCUT2D eigenvalue weighted by molar-refractivity contribution is 5.41. The van der Waals surface area contributed by atoms with Crippen LogP contribution in [0.3, 0.4) is 0 Å². The molecule has 0 aliphatic carbocycles. The van der Waals surface area contributed by atoms with Gasteiger partial charge in [0.25, 0.3) is 0 Å². The lowest BCUT2D eigenvalue weighted by Gasteiger charge is -2.10. The summed E-state index contributed by atoms with van der Waals surface area (Å²) in [5.41, 5.74) is 2.92. The van der Waals surface area contributed by atoms with Gasteiger partial charge in [0.15, 0.2) is 11.6 Å². The molecular formula is C14H17F2N3. The Balaban J connectivity index is 2.59. The van der Waals surface area contributed by atoms with Gasteiger partial charge in [-0.05, 0) is 51.1 Å². The molecule has 0 fully saturated rings. The highest BCUT2D eigenvalue weighted by Gasteiger charge is 2.17. The summed E-state index contributed by atoms with van der Waals surface area (Å²) in [5.74, 6) is -1.20.